The Morgan fingerprint density at radius 1 is 0.806 bits per heavy atom. The second-order valence-electron chi connectivity index (χ2n) is 5.84. The average Bonchev–Trinajstić information content (AvgIpc) is 2.74. The molecule has 0 fully saturated rings. The third-order valence-electron chi connectivity index (χ3n) is 3.78. The van der Waals surface area contributed by atoms with E-state index >= 15 is 0 Å². The van der Waals surface area contributed by atoms with Crippen LogP contribution in [0.4, 0.5) is 0 Å². The molecule has 0 aliphatic carbocycles. The second-order valence-corrected chi connectivity index (χ2v) is 7.72. The summed E-state index contributed by atoms with van der Waals surface area (Å²) in [5.41, 5.74) is 0. The first-order valence-electron chi connectivity index (χ1n) is 9.24. The van der Waals surface area contributed by atoms with E-state index in [4.69, 9.17) is 18.9 Å². The normalized spacial score (nSPS) is 10.6. The molecule has 164 valence electrons. The molecule has 0 radical (unpaired) electrons. The highest BCUT2D eigenvalue weighted by Gasteiger charge is 2.27. The van der Waals surface area contributed by atoms with E-state index in [1.54, 1.807) is 13.8 Å². The zero-order valence-electron chi connectivity index (χ0n) is 17.1. The molecule has 0 amide bonds. The van der Waals surface area contributed by atoms with Crippen molar-refractivity contribution in [1.29, 1.82) is 0 Å². The van der Waals surface area contributed by atoms with Crippen LogP contribution in [0.3, 0.4) is 0 Å². The molecule has 0 atom stereocenters. The average molecular weight is 446 g/mol. The van der Waals surface area contributed by atoms with E-state index in [0.717, 1.165) is 12.2 Å². The van der Waals surface area contributed by atoms with Crippen LogP contribution in [-0.2, 0) is 19.4 Å². The summed E-state index contributed by atoms with van der Waals surface area (Å²) in [5.74, 6) is -1.18. The van der Waals surface area contributed by atoms with E-state index in [9.17, 15) is 18.0 Å². The molecule has 31 heavy (non-hydrogen) atoms. The molecule has 0 N–H and O–H groups in total. The maximum atomic E-state index is 13.4. The minimum atomic E-state index is -4.12. The lowest BCUT2D eigenvalue weighted by molar-refractivity contribution is -0.129. The fraction of sp³-hybridized carbons (Fsp3) is 0.182. The van der Waals surface area contributed by atoms with Crippen molar-refractivity contribution in [3.8, 4) is 23.0 Å². The van der Waals surface area contributed by atoms with Gasteiger partial charge < -0.3 is 18.9 Å². The lowest BCUT2D eigenvalue weighted by atomic mass is 10.3. The first-order valence-corrected chi connectivity index (χ1v) is 10.7. The maximum Gasteiger partial charge on any atom is 0.335 e. The summed E-state index contributed by atoms with van der Waals surface area (Å²) in [6.45, 7) is 10.4. The number of sulfone groups is 1. The van der Waals surface area contributed by atoms with Gasteiger partial charge in [0.15, 0.2) is 0 Å². The van der Waals surface area contributed by atoms with E-state index in [1.165, 1.54) is 36.4 Å². The number of esters is 2. The summed E-state index contributed by atoms with van der Waals surface area (Å²) >= 11 is 0. The number of rotatable bonds is 10. The number of hydrogen-bond donors (Lipinski definition) is 0. The van der Waals surface area contributed by atoms with Crippen LogP contribution in [0.25, 0.3) is 0 Å². The minimum absolute atomic E-state index is 0.00136. The summed E-state index contributed by atoms with van der Waals surface area (Å²) in [5, 5.41) is 0. The van der Waals surface area contributed by atoms with Crippen molar-refractivity contribution in [3.05, 3.63) is 61.7 Å². The molecule has 0 aliphatic heterocycles. The van der Waals surface area contributed by atoms with Crippen LogP contribution in [0.1, 0.15) is 13.8 Å². The predicted molar refractivity (Wildman–Crippen MR) is 112 cm³/mol. The lowest BCUT2D eigenvalue weighted by Crippen LogP contribution is -2.10. The Hall–Kier alpha value is -3.59. The van der Waals surface area contributed by atoms with Gasteiger partial charge in [0.2, 0.25) is 9.84 Å². The monoisotopic (exact) mass is 446 g/mol. The van der Waals surface area contributed by atoms with Gasteiger partial charge in [0.25, 0.3) is 0 Å². The first kappa shape index (κ1) is 23.7. The van der Waals surface area contributed by atoms with Crippen molar-refractivity contribution in [2.75, 3.05) is 13.2 Å². The Labute approximate surface area is 180 Å². The fourth-order valence-electron chi connectivity index (χ4n) is 2.52. The van der Waals surface area contributed by atoms with Crippen LogP contribution in [0.15, 0.2) is 71.5 Å². The van der Waals surface area contributed by atoms with Gasteiger partial charge in [0.05, 0.1) is 13.2 Å². The van der Waals surface area contributed by atoms with Crippen molar-refractivity contribution in [2.24, 2.45) is 0 Å². The van der Waals surface area contributed by atoms with Crippen molar-refractivity contribution in [1.82, 2.24) is 0 Å². The number of benzene rings is 2. The highest BCUT2D eigenvalue weighted by Crippen LogP contribution is 2.38. The summed E-state index contributed by atoms with van der Waals surface area (Å²) in [4.78, 5) is 22.6. The summed E-state index contributed by atoms with van der Waals surface area (Å²) in [7, 11) is -4.12. The third kappa shape index (κ3) is 5.73. The lowest BCUT2D eigenvalue weighted by Gasteiger charge is -2.15. The van der Waals surface area contributed by atoms with Crippen molar-refractivity contribution in [2.45, 2.75) is 23.6 Å². The number of carbonyl (C=O) groups is 2. The van der Waals surface area contributed by atoms with Crippen LogP contribution in [0.5, 0.6) is 23.0 Å². The van der Waals surface area contributed by atoms with Gasteiger partial charge in [0, 0.05) is 24.3 Å². The van der Waals surface area contributed by atoms with Crippen LogP contribution in [0.2, 0.25) is 0 Å². The van der Waals surface area contributed by atoms with Crippen molar-refractivity contribution in [3.63, 3.8) is 0 Å². The molecule has 0 saturated carbocycles. The molecule has 2 aromatic rings. The smallest absolute Gasteiger partial charge is 0.335 e. The van der Waals surface area contributed by atoms with E-state index < -0.39 is 21.8 Å². The van der Waals surface area contributed by atoms with Crippen LogP contribution in [0, 0.1) is 0 Å². The molecule has 8 nitrogen and oxygen atoms in total. The Balaban J connectivity index is 2.56. The second kappa shape index (κ2) is 10.4. The third-order valence-corrected chi connectivity index (χ3v) is 5.61. The van der Waals surface area contributed by atoms with Gasteiger partial charge in [-0.1, -0.05) is 13.2 Å². The molecule has 0 heterocycles. The highest BCUT2D eigenvalue weighted by molar-refractivity contribution is 7.91. The van der Waals surface area contributed by atoms with Gasteiger partial charge in [-0.05, 0) is 38.1 Å². The molecule has 0 aliphatic rings. The minimum Gasteiger partial charge on any atom is -0.492 e. The molecule has 0 aromatic heterocycles. The van der Waals surface area contributed by atoms with E-state index in [0.29, 0.717) is 0 Å². The zero-order valence-corrected chi connectivity index (χ0v) is 17.9. The first-order chi connectivity index (χ1) is 14.8. The van der Waals surface area contributed by atoms with Gasteiger partial charge in [-0.2, -0.15) is 0 Å². The van der Waals surface area contributed by atoms with E-state index in [-0.39, 0.29) is 46.0 Å². The van der Waals surface area contributed by atoms with Crippen LogP contribution in [-0.4, -0.2) is 33.6 Å². The van der Waals surface area contributed by atoms with Gasteiger partial charge in [-0.3, -0.25) is 0 Å². The van der Waals surface area contributed by atoms with Gasteiger partial charge in [-0.15, -0.1) is 0 Å². The zero-order chi connectivity index (χ0) is 23.0. The number of ether oxygens (including phenoxy) is 4. The molecular weight excluding hydrogens is 424 g/mol. The maximum absolute atomic E-state index is 13.4. The van der Waals surface area contributed by atoms with Crippen LogP contribution >= 0.6 is 0 Å². The molecule has 0 spiro atoms. The molecule has 0 bridgehead atoms. The molecule has 0 saturated heterocycles. The Morgan fingerprint density at radius 2 is 1.19 bits per heavy atom. The fourth-order valence-corrected chi connectivity index (χ4v) is 4.02. The molecule has 2 rings (SSSR count). The Morgan fingerprint density at radius 3 is 1.52 bits per heavy atom. The Bertz CT molecular complexity index is 1020. The van der Waals surface area contributed by atoms with E-state index in [2.05, 4.69) is 13.2 Å². The van der Waals surface area contributed by atoms with Crippen molar-refractivity contribution >= 4 is 21.8 Å². The molecular formula is C22H22O8S. The van der Waals surface area contributed by atoms with Crippen molar-refractivity contribution < 1.29 is 37.0 Å². The summed E-state index contributed by atoms with van der Waals surface area (Å²) in [6, 6.07) is 7.81. The SMILES string of the molecule is C=CC(=O)Oc1ccc(S(=O)(=O)c2ccc(OC(=O)C=C)cc2OCC)c(OCC)c1. The standard InChI is InChI=1S/C22H22O8S/c1-5-21(23)29-15-9-11-19(17(13-15)27-7-3)31(25,26)20-12-10-16(30-22(24)6-2)14-18(20)28-8-4/h5-6,9-14H,1-2,7-8H2,3-4H3. The van der Waals surface area contributed by atoms with E-state index in [1.807, 2.05) is 0 Å². The molecule has 0 unspecified atom stereocenters. The summed E-state index contributed by atoms with van der Waals surface area (Å²) < 4.78 is 47.8. The molecule has 2 aromatic carbocycles. The molecule has 9 heteroatoms. The highest BCUT2D eigenvalue weighted by atomic mass is 32.2. The van der Waals surface area contributed by atoms with Gasteiger partial charge >= 0.3 is 11.9 Å². The van der Waals surface area contributed by atoms with Crippen LogP contribution < -0.4 is 18.9 Å². The largest absolute Gasteiger partial charge is 0.492 e. The number of carbonyl (C=O) groups excluding carboxylic acids is 2. The predicted octanol–water partition coefficient (Wildman–Crippen LogP) is 3.50. The van der Waals surface area contributed by atoms with Gasteiger partial charge in [-0.25, -0.2) is 18.0 Å². The number of hydrogen-bond acceptors (Lipinski definition) is 8. The van der Waals surface area contributed by atoms with Gasteiger partial charge in [0.1, 0.15) is 32.8 Å². The summed E-state index contributed by atoms with van der Waals surface area (Å²) in [6.07, 6.45) is 1.97. The quantitative estimate of drug-likeness (QED) is 0.310. The Kier molecular flexibility index (Phi) is 7.98. The topological polar surface area (TPSA) is 105 Å².